The van der Waals surface area contributed by atoms with E-state index in [-0.39, 0.29) is 11.9 Å². The van der Waals surface area contributed by atoms with Crippen molar-refractivity contribution >= 4 is 17.2 Å². The van der Waals surface area contributed by atoms with Gasteiger partial charge in [0.05, 0.1) is 16.9 Å². The molecule has 0 saturated carbocycles. The fraction of sp³-hybridized carbons (Fsp3) is 0.350. The van der Waals surface area contributed by atoms with Gasteiger partial charge in [0.2, 0.25) is 0 Å². The maximum Gasteiger partial charge on any atom is 0.196 e. The number of nitrogens with two attached hydrogens (primary N) is 2. The van der Waals surface area contributed by atoms with Gasteiger partial charge >= 0.3 is 0 Å². The van der Waals surface area contributed by atoms with E-state index in [1.54, 1.807) is 24.3 Å². The molecule has 2 atom stereocenters. The molecule has 0 aliphatic carbocycles. The van der Waals surface area contributed by atoms with Gasteiger partial charge in [0.1, 0.15) is 11.9 Å². The van der Waals surface area contributed by atoms with E-state index in [9.17, 15) is 4.79 Å². The van der Waals surface area contributed by atoms with Crippen LogP contribution in [0.25, 0.3) is 0 Å². The van der Waals surface area contributed by atoms with Crippen LogP contribution in [0.4, 0.5) is 11.4 Å². The zero-order valence-corrected chi connectivity index (χ0v) is 14.5. The molecule has 1 aliphatic rings. The molecule has 5 N–H and O–H groups in total. The first-order valence-electron chi connectivity index (χ1n) is 8.75. The summed E-state index contributed by atoms with van der Waals surface area (Å²) in [5.41, 5.74) is 13.5. The average Bonchev–Trinajstić information content (AvgIpc) is 2.64. The smallest absolute Gasteiger partial charge is 0.196 e. The van der Waals surface area contributed by atoms with E-state index in [4.69, 9.17) is 16.2 Å². The second-order valence-electron chi connectivity index (χ2n) is 6.55. The number of piperidine rings is 1. The Kier molecular flexibility index (Phi) is 5.24. The highest BCUT2D eigenvalue weighted by atomic mass is 16.5. The Bertz CT molecular complexity index is 754. The average molecular weight is 339 g/mol. The molecule has 0 spiro atoms. The number of nitrogen functional groups attached to an aromatic ring is 2. The van der Waals surface area contributed by atoms with Crippen molar-refractivity contribution in [3.05, 3.63) is 53.6 Å². The van der Waals surface area contributed by atoms with Gasteiger partial charge in [-0.25, -0.2) is 0 Å². The number of para-hydroxylation sites is 1. The molecule has 1 saturated heterocycles. The lowest BCUT2D eigenvalue weighted by Gasteiger charge is -2.29. The van der Waals surface area contributed by atoms with Gasteiger partial charge in [0, 0.05) is 11.6 Å². The van der Waals surface area contributed by atoms with Crippen LogP contribution in [-0.4, -0.2) is 24.5 Å². The molecule has 25 heavy (non-hydrogen) atoms. The fourth-order valence-corrected chi connectivity index (χ4v) is 3.19. The lowest BCUT2D eigenvalue weighted by Crippen LogP contribution is -2.44. The van der Waals surface area contributed by atoms with Gasteiger partial charge in [-0.2, -0.15) is 0 Å². The minimum Gasteiger partial charge on any atom is -0.488 e. The van der Waals surface area contributed by atoms with Crippen molar-refractivity contribution in [3.8, 4) is 5.75 Å². The van der Waals surface area contributed by atoms with E-state index in [1.165, 1.54) is 12.8 Å². The zero-order valence-electron chi connectivity index (χ0n) is 14.5. The largest absolute Gasteiger partial charge is 0.488 e. The minimum absolute atomic E-state index is 0.00858. The standard InChI is InChI=1S/C20H25N3O2/c1-13(18-7-4-5-11-23-18)25-19-8-3-2-6-15(19)20(24)14-9-10-16(21)17(22)12-14/h2-3,6,8-10,12-13,18,23H,4-5,7,11,21-22H2,1H3. The number of carbonyl (C=O) groups excluding carboxylic acids is 1. The second kappa shape index (κ2) is 7.57. The van der Waals surface area contributed by atoms with E-state index in [1.807, 2.05) is 25.1 Å². The number of rotatable bonds is 5. The van der Waals surface area contributed by atoms with Crippen LogP contribution in [0, 0.1) is 0 Å². The van der Waals surface area contributed by atoms with Gasteiger partial charge in [-0.1, -0.05) is 18.6 Å². The number of ketones is 1. The van der Waals surface area contributed by atoms with Crippen LogP contribution in [0.15, 0.2) is 42.5 Å². The quantitative estimate of drug-likeness (QED) is 0.575. The Morgan fingerprint density at radius 2 is 1.96 bits per heavy atom. The van der Waals surface area contributed by atoms with Crippen LogP contribution >= 0.6 is 0 Å². The topological polar surface area (TPSA) is 90.4 Å². The first kappa shape index (κ1) is 17.3. The van der Waals surface area contributed by atoms with Crippen molar-refractivity contribution in [1.29, 1.82) is 0 Å². The molecule has 2 aromatic rings. The molecule has 1 heterocycles. The van der Waals surface area contributed by atoms with Gasteiger partial charge in [0.25, 0.3) is 0 Å². The summed E-state index contributed by atoms with van der Waals surface area (Å²) < 4.78 is 6.14. The van der Waals surface area contributed by atoms with E-state index < -0.39 is 0 Å². The molecule has 0 radical (unpaired) electrons. The van der Waals surface area contributed by atoms with E-state index in [2.05, 4.69) is 5.32 Å². The Morgan fingerprint density at radius 3 is 2.68 bits per heavy atom. The van der Waals surface area contributed by atoms with Gasteiger partial charge in [-0.15, -0.1) is 0 Å². The van der Waals surface area contributed by atoms with Gasteiger partial charge in [-0.05, 0) is 56.6 Å². The van der Waals surface area contributed by atoms with Crippen molar-refractivity contribution in [2.24, 2.45) is 0 Å². The van der Waals surface area contributed by atoms with Crippen LogP contribution in [0.1, 0.15) is 42.1 Å². The SMILES string of the molecule is CC(Oc1ccccc1C(=O)c1ccc(N)c(N)c1)C1CCCCN1. The molecule has 5 heteroatoms. The van der Waals surface area contributed by atoms with Crippen LogP contribution in [0.2, 0.25) is 0 Å². The lowest BCUT2D eigenvalue weighted by atomic mass is 9.99. The first-order valence-corrected chi connectivity index (χ1v) is 8.75. The number of nitrogens with one attached hydrogen (secondary N) is 1. The van der Waals surface area contributed by atoms with Crippen LogP contribution in [0.3, 0.4) is 0 Å². The van der Waals surface area contributed by atoms with E-state index in [0.29, 0.717) is 34.3 Å². The van der Waals surface area contributed by atoms with Gasteiger partial charge in [-0.3, -0.25) is 4.79 Å². The van der Waals surface area contributed by atoms with Gasteiger partial charge < -0.3 is 21.5 Å². The molecule has 2 unspecified atom stereocenters. The summed E-state index contributed by atoms with van der Waals surface area (Å²) in [7, 11) is 0. The van der Waals surface area contributed by atoms with Crippen molar-refractivity contribution < 1.29 is 9.53 Å². The molecule has 0 aromatic heterocycles. The maximum absolute atomic E-state index is 12.9. The molecule has 5 nitrogen and oxygen atoms in total. The fourth-order valence-electron chi connectivity index (χ4n) is 3.19. The molecule has 132 valence electrons. The molecule has 3 rings (SSSR count). The number of benzene rings is 2. The number of carbonyl (C=O) groups is 1. The summed E-state index contributed by atoms with van der Waals surface area (Å²) in [6, 6.07) is 12.6. The minimum atomic E-state index is -0.119. The van der Waals surface area contributed by atoms with E-state index in [0.717, 1.165) is 13.0 Å². The first-order chi connectivity index (χ1) is 12.1. The lowest BCUT2D eigenvalue weighted by molar-refractivity contribution is 0.102. The predicted molar refractivity (Wildman–Crippen MR) is 101 cm³/mol. The second-order valence-corrected chi connectivity index (χ2v) is 6.55. The summed E-state index contributed by atoms with van der Waals surface area (Å²) in [5, 5.41) is 3.49. The number of anilines is 2. The van der Waals surface area contributed by atoms with Crippen molar-refractivity contribution in [2.45, 2.75) is 38.3 Å². The molecular weight excluding hydrogens is 314 g/mol. The van der Waals surface area contributed by atoms with Crippen LogP contribution in [-0.2, 0) is 0 Å². The maximum atomic E-state index is 12.9. The normalized spacial score (nSPS) is 18.5. The van der Waals surface area contributed by atoms with Crippen molar-refractivity contribution in [3.63, 3.8) is 0 Å². The predicted octanol–water partition coefficient (Wildman–Crippen LogP) is 2.99. The molecule has 2 aromatic carbocycles. The van der Waals surface area contributed by atoms with Crippen LogP contribution in [0.5, 0.6) is 5.75 Å². The molecule has 1 aliphatic heterocycles. The third-order valence-corrected chi connectivity index (χ3v) is 4.71. The number of ether oxygens (including phenoxy) is 1. The van der Waals surface area contributed by atoms with Gasteiger partial charge in [0.15, 0.2) is 5.78 Å². The van der Waals surface area contributed by atoms with E-state index >= 15 is 0 Å². The van der Waals surface area contributed by atoms with Crippen LogP contribution < -0.4 is 21.5 Å². The number of hydrogen-bond acceptors (Lipinski definition) is 5. The molecular formula is C20H25N3O2. The highest BCUT2D eigenvalue weighted by Gasteiger charge is 2.23. The molecule has 0 bridgehead atoms. The Morgan fingerprint density at radius 1 is 1.16 bits per heavy atom. The van der Waals surface area contributed by atoms with Crippen molar-refractivity contribution in [2.75, 3.05) is 18.0 Å². The number of hydrogen-bond donors (Lipinski definition) is 3. The Labute approximate surface area is 148 Å². The third-order valence-electron chi connectivity index (χ3n) is 4.71. The highest BCUT2D eigenvalue weighted by Crippen LogP contribution is 2.26. The Hall–Kier alpha value is -2.53. The molecule has 0 amide bonds. The third kappa shape index (κ3) is 3.94. The summed E-state index contributed by atoms with van der Waals surface area (Å²) in [6.45, 7) is 3.06. The summed E-state index contributed by atoms with van der Waals surface area (Å²) in [4.78, 5) is 12.9. The monoisotopic (exact) mass is 339 g/mol. The summed E-state index contributed by atoms with van der Waals surface area (Å²) in [6.07, 6.45) is 3.49. The highest BCUT2D eigenvalue weighted by molar-refractivity contribution is 6.11. The summed E-state index contributed by atoms with van der Waals surface area (Å²) >= 11 is 0. The molecule has 1 fully saturated rings. The summed E-state index contributed by atoms with van der Waals surface area (Å²) in [5.74, 6) is 0.480. The Balaban J connectivity index is 1.82. The van der Waals surface area contributed by atoms with Crippen molar-refractivity contribution in [1.82, 2.24) is 5.32 Å². The zero-order chi connectivity index (χ0) is 17.8.